The van der Waals surface area contributed by atoms with E-state index < -0.39 is 0 Å². The molecule has 0 nitrogen and oxygen atoms in total. The van der Waals surface area contributed by atoms with E-state index in [1.807, 2.05) is 11.3 Å². The van der Waals surface area contributed by atoms with Crippen LogP contribution in [0.4, 0.5) is 0 Å². The van der Waals surface area contributed by atoms with Gasteiger partial charge in [0.2, 0.25) is 0 Å². The Morgan fingerprint density at radius 2 is 1.07 bits per heavy atom. The first-order valence-corrected chi connectivity index (χ1v) is 16.7. The van der Waals surface area contributed by atoms with Gasteiger partial charge in [0.25, 0.3) is 0 Å². The first-order chi connectivity index (χ1) is 22.7. The van der Waals surface area contributed by atoms with E-state index in [2.05, 4.69) is 164 Å². The Morgan fingerprint density at radius 3 is 1.83 bits per heavy atom. The normalized spacial score (nSPS) is 15.0. The van der Waals surface area contributed by atoms with Crippen LogP contribution in [0, 0.1) is 0 Å². The molecular formula is C45H28S. The fourth-order valence-corrected chi connectivity index (χ4v) is 9.75. The number of hydrogen-bond acceptors (Lipinski definition) is 1. The Hall–Kier alpha value is -5.50. The molecule has 6 aromatic carbocycles. The highest BCUT2D eigenvalue weighted by Crippen LogP contribution is 2.67. The van der Waals surface area contributed by atoms with Gasteiger partial charge >= 0.3 is 0 Å². The fraction of sp³-hybridized carbons (Fsp3) is 0.0222. The van der Waals surface area contributed by atoms with Crippen molar-refractivity contribution >= 4 is 38.1 Å². The number of thiophene rings is 1. The van der Waals surface area contributed by atoms with E-state index >= 15 is 0 Å². The smallest absolute Gasteiger partial charge is 0.0740 e. The Bertz CT molecular complexity index is 2440. The lowest BCUT2D eigenvalue weighted by molar-refractivity contribution is 0.802. The molecule has 3 aliphatic rings. The number of benzene rings is 6. The summed E-state index contributed by atoms with van der Waals surface area (Å²) in [5, 5.41) is 1.35. The highest BCUT2D eigenvalue weighted by molar-refractivity contribution is 7.22. The molecule has 0 amide bonds. The van der Waals surface area contributed by atoms with Gasteiger partial charge in [-0.05, 0) is 96.0 Å². The van der Waals surface area contributed by atoms with Crippen LogP contribution in [-0.2, 0) is 5.41 Å². The standard InChI is InChI=1S/C45H28S/c1-28-26-30(29-14-3-2-4-15-29)27-37(32-17-6-5-16-31(28)32)35-21-13-24-40-42(35)44-43(36-20-9-12-25-41(36)46-44)45(40)38-22-10-7-18-33(38)34-19-8-11-23-39(34)45/h2-27H,1H2. The molecular weight excluding hydrogens is 573 g/mol. The van der Waals surface area contributed by atoms with Crippen molar-refractivity contribution in [3.8, 4) is 21.6 Å². The summed E-state index contributed by atoms with van der Waals surface area (Å²) in [5.74, 6) is 0. The van der Waals surface area contributed by atoms with E-state index in [-0.39, 0.29) is 5.41 Å². The second-order valence-electron chi connectivity index (χ2n) is 12.5. The van der Waals surface area contributed by atoms with E-state index in [1.54, 1.807) is 0 Å². The van der Waals surface area contributed by atoms with Crippen LogP contribution in [0.25, 0.3) is 48.4 Å². The summed E-state index contributed by atoms with van der Waals surface area (Å²) >= 11 is 1.94. The number of hydrogen-bond donors (Lipinski definition) is 0. The third kappa shape index (κ3) is 3.28. The molecule has 0 unspecified atom stereocenters. The third-order valence-corrected chi connectivity index (χ3v) is 11.4. The highest BCUT2D eigenvalue weighted by Gasteiger charge is 2.54. The second kappa shape index (κ2) is 9.50. The molecule has 1 heterocycles. The zero-order valence-electron chi connectivity index (χ0n) is 25.1. The van der Waals surface area contributed by atoms with Crippen molar-refractivity contribution in [2.24, 2.45) is 0 Å². The van der Waals surface area contributed by atoms with Gasteiger partial charge in [-0.2, -0.15) is 0 Å². The summed E-state index contributed by atoms with van der Waals surface area (Å²) in [4.78, 5) is 1.38. The van der Waals surface area contributed by atoms with E-state index in [4.69, 9.17) is 0 Å². The Morgan fingerprint density at radius 1 is 0.478 bits per heavy atom. The molecule has 0 atom stereocenters. The molecule has 1 aromatic heterocycles. The lowest BCUT2D eigenvalue weighted by atomic mass is 9.70. The molecule has 214 valence electrons. The average molecular weight is 601 g/mol. The first kappa shape index (κ1) is 25.8. The van der Waals surface area contributed by atoms with E-state index in [0.29, 0.717) is 0 Å². The van der Waals surface area contributed by atoms with Gasteiger partial charge < -0.3 is 0 Å². The van der Waals surface area contributed by atoms with E-state index in [1.165, 1.54) is 87.3 Å². The van der Waals surface area contributed by atoms with Gasteiger partial charge in [-0.1, -0.05) is 146 Å². The molecule has 0 saturated carbocycles. The lowest BCUT2D eigenvalue weighted by Crippen LogP contribution is -2.25. The Labute approximate surface area is 273 Å². The van der Waals surface area contributed by atoms with E-state index in [0.717, 1.165) is 5.57 Å². The van der Waals surface area contributed by atoms with Crippen molar-refractivity contribution in [1.82, 2.24) is 0 Å². The predicted octanol–water partition coefficient (Wildman–Crippen LogP) is 11.8. The first-order valence-electron chi connectivity index (χ1n) is 15.9. The topological polar surface area (TPSA) is 0 Å². The average Bonchev–Trinajstić information content (AvgIpc) is 3.70. The monoisotopic (exact) mass is 600 g/mol. The van der Waals surface area contributed by atoms with Gasteiger partial charge in [0.1, 0.15) is 0 Å². The van der Waals surface area contributed by atoms with Crippen molar-refractivity contribution in [2.45, 2.75) is 5.41 Å². The summed E-state index contributed by atoms with van der Waals surface area (Å²) in [6, 6.07) is 53.7. The quantitative estimate of drug-likeness (QED) is 0.185. The maximum atomic E-state index is 4.56. The highest BCUT2D eigenvalue weighted by atomic mass is 32.1. The molecule has 0 fully saturated rings. The van der Waals surface area contributed by atoms with Crippen LogP contribution in [0.1, 0.15) is 44.5 Å². The van der Waals surface area contributed by atoms with E-state index in [9.17, 15) is 0 Å². The molecule has 7 aromatic rings. The van der Waals surface area contributed by atoms with Crippen LogP contribution in [0.5, 0.6) is 0 Å². The molecule has 3 aliphatic carbocycles. The van der Waals surface area contributed by atoms with Crippen molar-refractivity contribution in [1.29, 1.82) is 0 Å². The summed E-state index contributed by atoms with van der Waals surface area (Å²) in [6.45, 7) is 4.56. The summed E-state index contributed by atoms with van der Waals surface area (Å²) in [7, 11) is 0. The Kier molecular flexibility index (Phi) is 5.33. The van der Waals surface area contributed by atoms with Crippen LogP contribution in [0.15, 0.2) is 164 Å². The molecule has 0 radical (unpaired) electrons. The van der Waals surface area contributed by atoms with Gasteiger partial charge in [0.15, 0.2) is 0 Å². The molecule has 0 aliphatic heterocycles. The van der Waals surface area contributed by atoms with Crippen LogP contribution >= 0.6 is 11.3 Å². The lowest BCUT2D eigenvalue weighted by Gasteiger charge is -2.30. The molecule has 46 heavy (non-hydrogen) atoms. The Balaban J connectivity index is 1.36. The van der Waals surface area contributed by atoms with Gasteiger partial charge in [0.05, 0.1) is 5.41 Å². The molecule has 0 bridgehead atoms. The SMILES string of the molecule is C=C1C=C(c2ccccc2)C=C(c2cccc3c2-c2sc4ccccc4c2C32c3ccccc3-c3ccccc32)c2ccccc21. The van der Waals surface area contributed by atoms with Gasteiger partial charge in [-0.3, -0.25) is 0 Å². The molecule has 1 spiro atoms. The van der Waals surface area contributed by atoms with Crippen molar-refractivity contribution in [3.63, 3.8) is 0 Å². The van der Waals surface area contributed by atoms with Crippen LogP contribution in [0.3, 0.4) is 0 Å². The largest absolute Gasteiger partial charge is 0.135 e. The van der Waals surface area contributed by atoms with Crippen LogP contribution in [-0.4, -0.2) is 0 Å². The van der Waals surface area contributed by atoms with Crippen molar-refractivity contribution in [3.05, 3.63) is 209 Å². The van der Waals surface area contributed by atoms with Gasteiger partial charge in [-0.15, -0.1) is 11.3 Å². The summed E-state index contributed by atoms with van der Waals surface area (Å²) in [6.07, 6.45) is 4.65. The predicted molar refractivity (Wildman–Crippen MR) is 195 cm³/mol. The molecule has 0 saturated heterocycles. The van der Waals surface area contributed by atoms with Gasteiger partial charge in [0, 0.05) is 15.1 Å². The maximum Gasteiger partial charge on any atom is 0.0740 e. The minimum absolute atomic E-state index is 0.389. The van der Waals surface area contributed by atoms with Crippen LogP contribution in [0.2, 0.25) is 0 Å². The molecule has 0 N–H and O–H groups in total. The minimum Gasteiger partial charge on any atom is -0.135 e. The minimum atomic E-state index is -0.389. The second-order valence-corrected chi connectivity index (χ2v) is 13.5. The zero-order chi connectivity index (χ0) is 30.4. The van der Waals surface area contributed by atoms with Gasteiger partial charge in [-0.25, -0.2) is 0 Å². The van der Waals surface area contributed by atoms with Crippen LogP contribution < -0.4 is 0 Å². The maximum absolute atomic E-state index is 4.56. The zero-order valence-corrected chi connectivity index (χ0v) is 25.9. The van der Waals surface area contributed by atoms with Crippen molar-refractivity contribution in [2.75, 3.05) is 0 Å². The molecule has 1 heteroatoms. The van der Waals surface area contributed by atoms with Crippen molar-refractivity contribution < 1.29 is 0 Å². The number of allylic oxidation sites excluding steroid dienone is 4. The summed E-state index contributed by atoms with van der Waals surface area (Å²) < 4.78 is 1.34. The number of fused-ring (bicyclic) bond motifs is 13. The molecule has 10 rings (SSSR count). The summed E-state index contributed by atoms with van der Waals surface area (Å²) in [5.41, 5.74) is 17.5. The number of rotatable bonds is 2. The fourth-order valence-electron chi connectivity index (χ4n) is 8.42. The third-order valence-electron chi connectivity index (χ3n) is 10.2.